The fourth-order valence-corrected chi connectivity index (χ4v) is 4.30. The van der Waals surface area contributed by atoms with Gasteiger partial charge in [0.15, 0.2) is 0 Å². The molecule has 3 amide bonds. The van der Waals surface area contributed by atoms with Gasteiger partial charge in [0.05, 0.1) is 12.6 Å². The Hall–Kier alpha value is -3.63. The molecule has 3 N–H and O–H groups in total. The number of rotatable bonds is 5. The highest BCUT2D eigenvalue weighted by molar-refractivity contribution is 9.10. The van der Waals surface area contributed by atoms with Gasteiger partial charge in [-0.2, -0.15) is 0 Å². The SMILES string of the molecule is COc1ccc(NC(=O)c2cc3cc(Br)ccc3n2NC(=O)C(=O)Nc2ccc(Br)cc2C)cc1. The summed E-state index contributed by atoms with van der Waals surface area (Å²) in [6.07, 6.45) is 0. The predicted octanol–water partition coefficient (Wildman–Crippen LogP) is 5.44. The molecule has 0 spiro atoms. The van der Waals surface area contributed by atoms with Gasteiger partial charge < -0.3 is 15.4 Å². The van der Waals surface area contributed by atoms with Crippen LogP contribution in [-0.2, 0) is 9.59 Å². The molecular formula is C25H20Br2N4O4. The zero-order chi connectivity index (χ0) is 25.1. The number of aromatic nitrogens is 1. The first kappa shape index (κ1) is 24.5. The van der Waals surface area contributed by atoms with E-state index in [4.69, 9.17) is 4.74 Å². The van der Waals surface area contributed by atoms with Crippen molar-refractivity contribution in [3.63, 3.8) is 0 Å². The molecule has 35 heavy (non-hydrogen) atoms. The summed E-state index contributed by atoms with van der Waals surface area (Å²) < 4.78 is 8.11. The number of hydrogen-bond donors (Lipinski definition) is 3. The standard InChI is InChI=1S/C25H20Br2N4O4/c1-14-11-16(26)3-9-20(14)29-24(33)25(34)30-31-21-10-4-17(27)12-15(21)13-22(31)23(32)28-18-5-7-19(35-2)8-6-18/h3-13H,1-2H3,(H,28,32)(H,29,33)(H,30,34). The van der Waals surface area contributed by atoms with Crippen LogP contribution in [0.5, 0.6) is 5.75 Å². The Kier molecular flexibility index (Phi) is 7.23. The average molecular weight is 600 g/mol. The van der Waals surface area contributed by atoms with Gasteiger partial charge in [-0.05, 0) is 79.2 Å². The van der Waals surface area contributed by atoms with Crippen molar-refractivity contribution in [1.29, 1.82) is 0 Å². The minimum Gasteiger partial charge on any atom is -0.497 e. The number of ether oxygens (including phenoxy) is 1. The maximum atomic E-state index is 13.1. The first-order valence-corrected chi connectivity index (χ1v) is 12.0. The van der Waals surface area contributed by atoms with Gasteiger partial charge in [-0.3, -0.25) is 19.8 Å². The number of hydrogen-bond acceptors (Lipinski definition) is 4. The monoisotopic (exact) mass is 598 g/mol. The van der Waals surface area contributed by atoms with E-state index in [0.717, 1.165) is 14.5 Å². The first-order chi connectivity index (χ1) is 16.7. The highest BCUT2D eigenvalue weighted by atomic mass is 79.9. The fourth-order valence-electron chi connectivity index (χ4n) is 3.44. The van der Waals surface area contributed by atoms with E-state index >= 15 is 0 Å². The van der Waals surface area contributed by atoms with E-state index in [1.165, 1.54) is 4.68 Å². The molecule has 4 rings (SSSR count). The Labute approximate surface area is 217 Å². The highest BCUT2D eigenvalue weighted by Gasteiger charge is 2.21. The van der Waals surface area contributed by atoms with Crippen LogP contribution in [0.2, 0.25) is 0 Å². The van der Waals surface area contributed by atoms with Crippen molar-refractivity contribution in [1.82, 2.24) is 4.68 Å². The summed E-state index contributed by atoms with van der Waals surface area (Å²) in [6.45, 7) is 1.82. The van der Waals surface area contributed by atoms with Crippen LogP contribution in [-0.4, -0.2) is 29.5 Å². The van der Waals surface area contributed by atoms with Crippen molar-refractivity contribution in [3.05, 3.63) is 86.9 Å². The number of nitrogens with one attached hydrogen (secondary N) is 3. The minimum atomic E-state index is -0.925. The third-order valence-electron chi connectivity index (χ3n) is 5.20. The predicted molar refractivity (Wildman–Crippen MR) is 142 cm³/mol. The summed E-state index contributed by atoms with van der Waals surface area (Å²) in [5.74, 6) is -1.60. The minimum absolute atomic E-state index is 0.148. The molecule has 0 saturated heterocycles. The van der Waals surface area contributed by atoms with Gasteiger partial charge in [0, 0.05) is 25.7 Å². The lowest BCUT2D eigenvalue weighted by atomic mass is 10.2. The molecule has 3 aromatic carbocycles. The van der Waals surface area contributed by atoms with Crippen LogP contribution in [0.4, 0.5) is 11.4 Å². The molecule has 4 aromatic rings. The van der Waals surface area contributed by atoms with E-state index in [1.54, 1.807) is 61.7 Å². The number of carbonyl (C=O) groups excluding carboxylic acids is 3. The van der Waals surface area contributed by atoms with Gasteiger partial charge in [-0.15, -0.1) is 0 Å². The largest absolute Gasteiger partial charge is 0.497 e. The van der Waals surface area contributed by atoms with Crippen LogP contribution in [0.25, 0.3) is 10.9 Å². The zero-order valence-corrected chi connectivity index (χ0v) is 21.9. The Bertz CT molecular complexity index is 1450. The molecule has 0 aliphatic heterocycles. The summed E-state index contributed by atoms with van der Waals surface area (Å²) in [7, 11) is 1.56. The van der Waals surface area contributed by atoms with Gasteiger partial charge in [-0.1, -0.05) is 31.9 Å². The molecule has 0 unspecified atom stereocenters. The van der Waals surface area contributed by atoms with Crippen molar-refractivity contribution in [2.75, 3.05) is 23.2 Å². The molecular weight excluding hydrogens is 580 g/mol. The molecule has 0 bridgehead atoms. The van der Waals surface area contributed by atoms with Crippen LogP contribution >= 0.6 is 31.9 Å². The van der Waals surface area contributed by atoms with Crippen molar-refractivity contribution in [3.8, 4) is 5.75 Å². The number of halogens is 2. The number of benzene rings is 3. The number of carbonyl (C=O) groups is 3. The summed E-state index contributed by atoms with van der Waals surface area (Å²) in [6, 6.07) is 19.1. The van der Waals surface area contributed by atoms with Crippen molar-refractivity contribution >= 4 is 71.9 Å². The molecule has 0 radical (unpaired) electrons. The second-order valence-electron chi connectivity index (χ2n) is 7.61. The topological polar surface area (TPSA) is 101 Å². The summed E-state index contributed by atoms with van der Waals surface area (Å²) in [5.41, 5.74) is 5.09. The number of nitrogens with zero attached hydrogens (tertiary/aromatic N) is 1. The van der Waals surface area contributed by atoms with Gasteiger partial charge in [0.2, 0.25) is 0 Å². The summed E-state index contributed by atoms with van der Waals surface area (Å²) in [4.78, 5) is 38.6. The smallest absolute Gasteiger partial charge is 0.328 e. The second kappa shape index (κ2) is 10.3. The molecule has 1 heterocycles. The van der Waals surface area contributed by atoms with Crippen LogP contribution in [0, 0.1) is 6.92 Å². The van der Waals surface area contributed by atoms with E-state index in [0.29, 0.717) is 28.0 Å². The van der Waals surface area contributed by atoms with Gasteiger partial charge in [-0.25, -0.2) is 4.68 Å². The van der Waals surface area contributed by atoms with Crippen molar-refractivity contribution in [2.45, 2.75) is 6.92 Å². The van der Waals surface area contributed by atoms with E-state index in [1.807, 2.05) is 19.1 Å². The number of aryl methyl sites for hydroxylation is 1. The zero-order valence-electron chi connectivity index (χ0n) is 18.7. The fraction of sp³-hybridized carbons (Fsp3) is 0.0800. The highest BCUT2D eigenvalue weighted by Crippen LogP contribution is 2.25. The average Bonchev–Trinajstić information content (AvgIpc) is 3.18. The van der Waals surface area contributed by atoms with Crippen molar-refractivity contribution in [2.24, 2.45) is 0 Å². The quantitative estimate of drug-likeness (QED) is 0.266. The first-order valence-electron chi connectivity index (χ1n) is 10.4. The Morgan fingerprint density at radius 3 is 2.20 bits per heavy atom. The second-order valence-corrected chi connectivity index (χ2v) is 9.44. The summed E-state index contributed by atoms with van der Waals surface area (Å²) >= 11 is 6.79. The lowest BCUT2D eigenvalue weighted by molar-refractivity contribution is -0.133. The molecule has 0 atom stereocenters. The van der Waals surface area contributed by atoms with Gasteiger partial charge >= 0.3 is 11.8 Å². The number of fused-ring (bicyclic) bond motifs is 1. The third-order valence-corrected chi connectivity index (χ3v) is 6.19. The Balaban J connectivity index is 1.61. The van der Waals surface area contributed by atoms with Crippen molar-refractivity contribution < 1.29 is 19.1 Å². The van der Waals surface area contributed by atoms with Gasteiger partial charge in [0.1, 0.15) is 11.4 Å². The van der Waals surface area contributed by atoms with E-state index in [-0.39, 0.29) is 5.69 Å². The molecule has 0 aliphatic carbocycles. The maximum absolute atomic E-state index is 13.1. The lowest BCUT2D eigenvalue weighted by Crippen LogP contribution is -2.36. The Morgan fingerprint density at radius 1 is 0.829 bits per heavy atom. The van der Waals surface area contributed by atoms with E-state index < -0.39 is 17.7 Å². The number of anilines is 2. The molecule has 0 aliphatic rings. The van der Waals surface area contributed by atoms with E-state index in [2.05, 4.69) is 47.9 Å². The third kappa shape index (κ3) is 5.55. The van der Waals surface area contributed by atoms with Crippen LogP contribution in [0.15, 0.2) is 75.7 Å². The lowest BCUT2D eigenvalue weighted by Gasteiger charge is -2.13. The van der Waals surface area contributed by atoms with Crippen LogP contribution in [0.3, 0.4) is 0 Å². The molecule has 0 fully saturated rings. The number of amides is 3. The normalized spacial score (nSPS) is 10.6. The van der Waals surface area contributed by atoms with Crippen LogP contribution < -0.4 is 20.8 Å². The van der Waals surface area contributed by atoms with Crippen LogP contribution in [0.1, 0.15) is 16.1 Å². The Morgan fingerprint density at radius 2 is 1.51 bits per heavy atom. The number of methoxy groups -OCH3 is 1. The maximum Gasteiger partial charge on any atom is 0.328 e. The van der Waals surface area contributed by atoms with E-state index in [9.17, 15) is 14.4 Å². The molecule has 8 nitrogen and oxygen atoms in total. The molecule has 10 heteroatoms. The molecule has 1 aromatic heterocycles. The molecule has 178 valence electrons. The molecule has 0 saturated carbocycles. The summed E-state index contributed by atoms with van der Waals surface area (Å²) in [5, 5.41) is 6.10. The van der Waals surface area contributed by atoms with Gasteiger partial charge in [0.25, 0.3) is 5.91 Å².